The third-order valence-corrected chi connectivity index (χ3v) is 5.46. The van der Waals surface area contributed by atoms with Gasteiger partial charge in [0.2, 0.25) is 0 Å². The number of fused-ring (bicyclic) bond motifs is 1. The van der Waals surface area contributed by atoms with E-state index in [0.29, 0.717) is 28.3 Å². The van der Waals surface area contributed by atoms with Gasteiger partial charge in [0.05, 0.1) is 11.8 Å². The van der Waals surface area contributed by atoms with E-state index in [1.165, 1.54) is 24.2 Å². The Balaban J connectivity index is 2.01. The number of hydrogen-bond acceptors (Lipinski definition) is 6. The molecule has 3 rings (SSSR count). The zero-order chi connectivity index (χ0) is 14.3. The van der Waals surface area contributed by atoms with Gasteiger partial charge < -0.3 is 9.29 Å². The molecule has 20 heavy (non-hydrogen) atoms. The van der Waals surface area contributed by atoms with Crippen LogP contribution in [0.1, 0.15) is 44.1 Å². The van der Waals surface area contributed by atoms with E-state index in [4.69, 9.17) is 4.74 Å². The normalized spacial score (nSPS) is 17.1. The molecule has 0 aliphatic heterocycles. The molecule has 2 aromatic heterocycles. The Morgan fingerprint density at radius 2 is 2.10 bits per heavy atom. The first kappa shape index (κ1) is 14.2. The van der Waals surface area contributed by atoms with Gasteiger partial charge in [0.15, 0.2) is 11.5 Å². The first-order valence-corrected chi connectivity index (χ1v) is 9.04. The molecule has 1 aliphatic rings. The lowest BCUT2D eigenvalue weighted by Crippen LogP contribution is -2.07. The number of ether oxygens (including phenoxy) is 1. The van der Waals surface area contributed by atoms with Crippen molar-refractivity contribution in [1.29, 1.82) is 0 Å². The maximum absolute atomic E-state index is 11.6. The van der Waals surface area contributed by atoms with Crippen LogP contribution in [0.5, 0.6) is 0 Å². The van der Waals surface area contributed by atoms with Crippen LogP contribution in [-0.4, -0.2) is 31.9 Å². The number of aromatic nitrogens is 3. The summed E-state index contributed by atoms with van der Waals surface area (Å²) in [5, 5.41) is 0. The fourth-order valence-corrected chi connectivity index (χ4v) is 3.68. The number of hydrogen-bond donors (Lipinski definition) is 0. The Kier molecular flexibility index (Phi) is 3.94. The minimum absolute atomic E-state index is 0.146. The Labute approximate surface area is 125 Å². The highest BCUT2D eigenvalue weighted by atomic mass is 32.2. The van der Waals surface area contributed by atoms with Gasteiger partial charge in [-0.2, -0.15) is 4.98 Å². The standard InChI is InChI=1S/C13H17N3O2S2/c1-7(2)18-6-9-14-10(8-4-5-8)11-12(15-9)16-13(19-11)20(3)17/h7-8H,4-6H2,1-3H3. The number of rotatable bonds is 5. The van der Waals surface area contributed by atoms with E-state index < -0.39 is 11.2 Å². The molecule has 5 nitrogen and oxygen atoms in total. The minimum atomic E-state index is -1.07. The molecule has 2 aromatic rings. The maximum atomic E-state index is 11.6. The Morgan fingerprint density at radius 3 is 2.70 bits per heavy atom. The van der Waals surface area contributed by atoms with Crippen molar-refractivity contribution in [2.24, 2.45) is 0 Å². The molecule has 1 saturated carbocycles. The first-order valence-electron chi connectivity index (χ1n) is 6.67. The lowest BCUT2D eigenvalue weighted by atomic mass is 10.3. The molecule has 7 heteroatoms. The van der Waals surface area contributed by atoms with Crippen LogP contribution < -0.4 is 0 Å². The largest absolute Gasteiger partial charge is 0.610 e. The zero-order valence-electron chi connectivity index (χ0n) is 11.8. The summed E-state index contributed by atoms with van der Waals surface area (Å²) in [4.78, 5) is 13.5. The van der Waals surface area contributed by atoms with Gasteiger partial charge in [-0.3, -0.25) is 0 Å². The van der Waals surface area contributed by atoms with Crippen LogP contribution in [0.2, 0.25) is 0 Å². The summed E-state index contributed by atoms with van der Waals surface area (Å²) in [6.07, 6.45) is 4.12. The van der Waals surface area contributed by atoms with E-state index in [-0.39, 0.29) is 6.10 Å². The molecule has 0 aromatic carbocycles. The Morgan fingerprint density at radius 1 is 1.35 bits per heavy atom. The Hall–Kier alpha value is -0.760. The highest BCUT2D eigenvalue weighted by Crippen LogP contribution is 2.43. The van der Waals surface area contributed by atoms with Crippen molar-refractivity contribution in [3.63, 3.8) is 0 Å². The second kappa shape index (κ2) is 5.55. The van der Waals surface area contributed by atoms with Crippen LogP contribution in [0.3, 0.4) is 0 Å². The van der Waals surface area contributed by atoms with Gasteiger partial charge in [-0.25, -0.2) is 9.97 Å². The van der Waals surface area contributed by atoms with Crippen molar-refractivity contribution in [2.75, 3.05) is 6.26 Å². The molecule has 1 atom stereocenters. The summed E-state index contributed by atoms with van der Waals surface area (Å²) < 4.78 is 18.8. The topological polar surface area (TPSA) is 71.0 Å². The lowest BCUT2D eigenvalue weighted by molar-refractivity contribution is 0.0613. The first-order chi connectivity index (χ1) is 9.54. The van der Waals surface area contributed by atoms with Gasteiger partial charge in [-0.05, 0) is 26.7 Å². The van der Waals surface area contributed by atoms with E-state index in [0.717, 1.165) is 10.4 Å². The molecule has 1 unspecified atom stereocenters. The van der Waals surface area contributed by atoms with Gasteiger partial charge >= 0.3 is 4.34 Å². The van der Waals surface area contributed by atoms with Crippen molar-refractivity contribution < 1.29 is 9.29 Å². The van der Waals surface area contributed by atoms with Gasteiger partial charge in [0.1, 0.15) is 17.6 Å². The molecule has 1 fully saturated rings. The quantitative estimate of drug-likeness (QED) is 0.794. The van der Waals surface area contributed by atoms with Crippen LogP contribution >= 0.6 is 11.3 Å². The summed E-state index contributed by atoms with van der Waals surface area (Å²) in [6, 6.07) is 0. The van der Waals surface area contributed by atoms with Crippen molar-refractivity contribution in [3.8, 4) is 0 Å². The van der Waals surface area contributed by atoms with E-state index in [1.54, 1.807) is 6.26 Å². The highest BCUT2D eigenvalue weighted by molar-refractivity contribution is 7.92. The summed E-state index contributed by atoms with van der Waals surface area (Å²) in [6.45, 7) is 4.37. The van der Waals surface area contributed by atoms with Crippen LogP contribution in [-0.2, 0) is 22.5 Å². The average Bonchev–Trinajstić information content (AvgIpc) is 3.13. The molecule has 0 bridgehead atoms. The van der Waals surface area contributed by atoms with Crippen LogP contribution in [0.15, 0.2) is 4.34 Å². The molecule has 0 N–H and O–H groups in total. The van der Waals surface area contributed by atoms with Crippen LogP contribution in [0.25, 0.3) is 10.3 Å². The van der Waals surface area contributed by atoms with Gasteiger partial charge in [0, 0.05) is 17.1 Å². The third-order valence-electron chi connectivity index (χ3n) is 3.06. The number of nitrogens with zero attached hydrogens (tertiary/aromatic N) is 3. The van der Waals surface area contributed by atoms with Crippen LogP contribution in [0, 0.1) is 0 Å². The molecule has 108 valence electrons. The van der Waals surface area contributed by atoms with Gasteiger partial charge in [-0.1, -0.05) is 11.3 Å². The van der Waals surface area contributed by atoms with Gasteiger partial charge in [-0.15, -0.1) is 0 Å². The van der Waals surface area contributed by atoms with E-state index >= 15 is 0 Å². The molecule has 0 spiro atoms. The number of thiazole rings is 1. The second-order valence-electron chi connectivity index (χ2n) is 5.25. The summed E-state index contributed by atoms with van der Waals surface area (Å²) >= 11 is 0.384. The maximum Gasteiger partial charge on any atom is 0.303 e. The molecule has 1 aliphatic carbocycles. The predicted octanol–water partition coefficient (Wildman–Crippen LogP) is 2.63. The van der Waals surface area contributed by atoms with Crippen molar-refractivity contribution >= 4 is 32.9 Å². The van der Waals surface area contributed by atoms with Crippen molar-refractivity contribution in [2.45, 2.75) is 49.7 Å². The van der Waals surface area contributed by atoms with E-state index in [9.17, 15) is 4.55 Å². The van der Waals surface area contributed by atoms with Crippen molar-refractivity contribution in [1.82, 2.24) is 15.0 Å². The molecular formula is C13H17N3O2S2. The average molecular weight is 311 g/mol. The van der Waals surface area contributed by atoms with E-state index in [1.807, 2.05) is 13.8 Å². The second-order valence-corrected chi connectivity index (χ2v) is 7.80. The van der Waals surface area contributed by atoms with E-state index in [2.05, 4.69) is 15.0 Å². The summed E-state index contributed by atoms with van der Waals surface area (Å²) in [5.74, 6) is 1.18. The zero-order valence-corrected chi connectivity index (χ0v) is 13.4. The highest BCUT2D eigenvalue weighted by Gasteiger charge is 2.30. The molecule has 2 heterocycles. The molecule has 0 radical (unpaired) electrons. The lowest BCUT2D eigenvalue weighted by Gasteiger charge is -2.07. The fraction of sp³-hybridized carbons (Fsp3) is 0.615. The van der Waals surface area contributed by atoms with Crippen LogP contribution in [0.4, 0.5) is 0 Å². The molecule has 0 saturated heterocycles. The molecule has 0 amide bonds. The monoisotopic (exact) mass is 311 g/mol. The summed E-state index contributed by atoms with van der Waals surface area (Å²) in [5.41, 5.74) is 1.73. The summed E-state index contributed by atoms with van der Waals surface area (Å²) in [7, 11) is 0. The van der Waals surface area contributed by atoms with Crippen molar-refractivity contribution in [3.05, 3.63) is 11.5 Å². The fourth-order valence-electron chi connectivity index (χ4n) is 1.93. The van der Waals surface area contributed by atoms with Gasteiger partial charge in [0.25, 0.3) is 0 Å². The molecular weight excluding hydrogens is 294 g/mol. The Bertz CT molecular complexity index is 623. The third kappa shape index (κ3) is 2.95. The predicted molar refractivity (Wildman–Crippen MR) is 79.4 cm³/mol. The SMILES string of the molecule is CC(C)OCc1nc(C2CC2)c2sc([S+](C)[O-])nc2n1. The minimum Gasteiger partial charge on any atom is -0.610 e. The smallest absolute Gasteiger partial charge is 0.303 e.